The zero-order valence-electron chi connectivity index (χ0n) is 9.93. The highest BCUT2D eigenvalue weighted by atomic mass is 32.2. The highest BCUT2D eigenvalue weighted by molar-refractivity contribution is 7.99. The van der Waals surface area contributed by atoms with Crippen molar-refractivity contribution in [1.29, 1.82) is 0 Å². The largest absolute Gasteiger partial charge is 0.337 e. The molecule has 0 radical (unpaired) electrons. The van der Waals surface area contributed by atoms with E-state index in [0.29, 0.717) is 12.6 Å². The van der Waals surface area contributed by atoms with Crippen LogP contribution in [0.15, 0.2) is 0 Å². The molecule has 0 heterocycles. The van der Waals surface area contributed by atoms with Crippen molar-refractivity contribution in [3.8, 4) is 0 Å². The fraction of sp³-hybridized carbons (Fsp3) is 0.909. The van der Waals surface area contributed by atoms with Crippen molar-refractivity contribution in [2.24, 2.45) is 0 Å². The molecule has 0 unspecified atom stereocenters. The van der Waals surface area contributed by atoms with E-state index >= 15 is 0 Å². The van der Waals surface area contributed by atoms with Crippen LogP contribution in [0.2, 0.25) is 0 Å². The van der Waals surface area contributed by atoms with Gasteiger partial charge in [0.25, 0.3) is 0 Å². The standard InChI is InChI=1S/C11H22N2OS/c1-11(2,15-3)8-12-10(14)13-9-6-4-5-7-9/h9H,4-8H2,1-3H3,(H2,12,13,14). The van der Waals surface area contributed by atoms with Crippen LogP contribution in [0, 0.1) is 0 Å². The normalized spacial score (nSPS) is 17.8. The van der Waals surface area contributed by atoms with E-state index in [1.54, 1.807) is 11.8 Å². The lowest BCUT2D eigenvalue weighted by Crippen LogP contribution is -2.45. The molecule has 3 nitrogen and oxygen atoms in total. The predicted octanol–water partition coefficient (Wildman–Crippen LogP) is 2.37. The third-order valence-corrected chi connectivity index (χ3v) is 4.17. The van der Waals surface area contributed by atoms with E-state index in [4.69, 9.17) is 0 Å². The average Bonchev–Trinajstić information content (AvgIpc) is 2.68. The van der Waals surface area contributed by atoms with Crippen LogP contribution < -0.4 is 10.6 Å². The van der Waals surface area contributed by atoms with Gasteiger partial charge in [-0.3, -0.25) is 0 Å². The van der Waals surface area contributed by atoms with Crippen LogP contribution in [0.5, 0.6) is 0 Å². The van der Waals surface area contributed by atoms with Gasteiger partial charge in [-0.15, -0.1) is 0 Å². The maximum absolute atomic E-state index is 11.5. The lowest BCUT2D eigenvalue weighted by atomic mass is 10.2. The summed E-state index contributed by atoms with van der Waals surface area (Å²) in [6.45, 7) is 4.98. The third-order valence-electron chi connectivity index (χ3n) is 2.92. The molecule has 1 fully saturated rings. The SMILES string of the molecule is CSC(C)(C)CNC(=O)NC1CCCC1. The number of carbonyl (C=O) groups excluding carboxylic acids is 1. The van der Waals surface area contributed by atoms with E-state index in [9.17, 15) is 4.79 Å². The van der Waals surface area contributed by atoms with Crippen LogP contribution >= 0.6 is 11.8 Å². The first-order valence-electron chi connectivity index (χ1n) is 5.63. The molecule has 0 saturated heterocycles. The quantitative estimate of drug-likeness (QED) is 0.778. The Hall–Kier alpha value is -0.380. The molecule has 2 N–H and O–H groups in total. The van der Waals surface area contributed by atoms with Crippen LogP contribution in [0.4, 0.5) is 4.79 Å². The molecule has 0 bridgehead atoms. The summed E-state index contributed by atoms with van der Waals surface area (Å²) in [6, 6.07) is 0.395. The van der Waals surface area contributed by atoms with E-state index in [2.05, 4.69) is 30.7 Å². The summed E-state index contributed by atoms with van der Waals surface area (Å²) in [6.07, 6.45) is 6.84. The van der Waals surface area contributed by atoms with E-state index in [-0.39, 0.29) is 10.8 Å². The van der Waals surface area contributed by atoms with Crippen molar-refractivity contribution in [3.05, 3.63) is 0 Å². The number of urea groups is 1. The first kappa shape index (κ1) is 12.7. The fourth-order valence-corrected chi connectivity index (χ4v) is 1.89. The Labute approximate surface area is 96.8 Å². The molecule has 0 aromatic rings. The van der Waals surface area contributed by atoms with Crippen LogP contribution in [-0.2, 0) is 0 Å². The van der Waals surface area contributed by atoms with Crippen LogP contribution in [0.1, 0.15) is 39.5 Å². The molecule has 0 spiro atoms. The van der Waals surface area contributed by atoms with Crippen molar-refractivity contribution in [2.45, 2.75) is 50.3 Å². The zero-order valence-corrected chi connectivity index (χ0v) is 10.7. The van der Waals surface area contributed by atoms with E-state index in [0.717, 1.165) is 12.8 Å². The summed E-state index contributed by atoms with van der Waals surface area (Å²) in [5.74, 6) is 0. The molecule has 1 aliphatic rings. The number of amides is 2. The van der Waals surface area contributed by atoms with Crippen molar-refractivity contribution in [1.82, 2.24) is 10.6 Å². The molecule has 2 amide bonds. The fourth-order valence-electron chi connectivity index (χ4n) is 1.67. The number of carbonyl (C=O) groups is 1. The monoisotopic (exact) mass is 230 g/mol. The van der Waals surface area contributed by atoms with Crippen LogP contribution in [0.25, 0.3) is 0 Å². The lowest BCUT2D eigenvalue weighted by Gasteiger charge is -2.23. The Balaban J connectivity index is 2.18. The molecular formula is C11H22N2OS. The third kappa shape index (κ3) is 4.78. The average molecular weight is 230 g/mol. The Bertz CT molecular complexity index is 213. The highest BCUT2D eigenvalue weighted by Gasteiger charge is 2.19. The van der Waals surface area contributed by atoms with Gasteiger partial charge in [0, 0.05) is 17.3 Å². The number of nitrogens with one attached hydrogen (secondary N) is 2. The number of thioether (sulfide) groups is 1. The first-order valence-corrected chi connectivity index (χ1v) is 6.85. The maximum atomic E-state index is 11.5. The minimum absolute atomic E-state index is 0.0102. The molecule has 0 aromatic carbocycles. The van der Waals surface area contributed by atoms with Crippen LogP contribution in [-0.4, -0.2) is 29.6 Å². The van der Waals surface area contributed by atoms with Gasteiger partial charge in [0.15, 0.2) is 0 Å². The summed E-state index contributed by atoms with van der Waals surface area (Å²) in [5.41, 5.74) is 0. The smallest absolute Gasteiger partial charge is 0.315 e. The summed E-state index contributed by atoms with van der Waals surface area (Å²) in [4.78, 5) is 11.5. The minimum Gasteiger partial charge on any atom is -0.337 e. The molecule has 88 valence electrons. The summed E-state index contributed by atoms with van der Waals surface area (Å²) in [7, 11) is 0. The lowest BCUT2D eigenvalue weighted by molar-refractivity contribution is 0.236. The topological polar surface area (TPSA) is 41.1 Å². The van der Waals surface area contributed by atoms with Crippen molar-refractivity contribution in [2.75, 3.05) is 12.8 Å². The second-order valence-electron chi connectivity index (χ2n) is 4.77. The molecule has 4 heteroatoms. The van der Waals surface area contributed by atoms with E-state index < -0.39 is 0 Å². The van der Waals surface area contributed by atoms with Crippen molar-refractivity contribution >= 4 is 17.8 Å². The Morgan fingerprint density at radius 3 is 2.53 bits per heavy atom. The van der Waals surface area contributed by atoms with Gasteiger partial charge in [0.1, 0.15) is 0 Å². The zero-order chi connectivity index (χ0) is 11.3. The Morgan fingerprint density at radius 2 is 2.00 bits per heavy atom. The van der Waals surface area contributed by atoms with Gasteiger partial charge in [-0.25, -0.2) is 4.79 Å². The highest BCUT2D eigenvalue weighted by Crippen LogP contribution is 2.20. The van der Waals surface area contributed by atoms with E-state index in [1.807, 2.05) is 0 Å². The second-order valence-corrected chi connectivity index (χ2v) is 6.29. The van der Waals surface area contributed by atoms with Gasteiger partial charge >= 0.3 is 6.03 Å². The van der Waals surface area contributed by atoms with Gasteiger partial charge in [0.2, 0.25) is 0 Å². The molecule has 1 rings (SSSR count). The second kappa shape index (κ2) is 5.64. The van der Waals surface area contributed by atoms with E-state index in [1.165, 1.54) is 12.8 Å². The predicted molar refractivity (Wildman–Crippen MR) is 66.4 cm³/mol. The molecule has 1 aliphatic carbocycles. The minimum atomic E-state index is -0.0102. The summed E-state index contributed by atoms with van der Waals surface area (Å²) < 4.78 is 0.118. The van der Waals surface area contributed by atoms with Gasteiger partial charge in [-0.1, -0.05) is 12.8 Å². The first-order chi connectivity index (χ1) is 7.03. The molecular weight excluding hydrogens is 208 g/mol. The van der Waals surface area contributed by atoms with Gasteiger partial charge in [-0.05, 0) is 32.9 Å². The van der Waals surface area contributed by atoms with Gasteiger partial charge < -0.3 is 10.6 Å². The number of hydrogen-bond acceptors (Lipinski definition) is 2. The Kier molecular flexibility index (Phi) is 4.77. The van der Waals surface area contributed by atoms with Gasteiger partial charge in [-0.2, -0.15) is 11.8 Å². The Morgan fingerprint density at radius 1 is 1.40 bits per heavy atom. The van der Waals surface area contributed by atoms with Crippen LogP contribution in [0.3, 0.4) is 0 Å². The number of hydrogen-bond donors (Lipinski definition) is 2. The molecule has 0 aromatic heterocycles. The van der Waals surface area contributed by atoms with Crippen molar-refractivity contribution < 1.29 is 4.79 Å². The van der Waals surface area contributed by atoms with Gasteiger partial charge in [0.05, 0.1) is 0 Å². The molecule has 1 saturated carbocycles. The molecule has 0 aliphatic heterocycles. The maximum Gasteiger partial charge on any atom is 0.315 e. The van der Waals surface area contributed by atoms with Crippen molar-refractivity contribution in [3.63, 3.8) is 0 Å². The summed E-state index contributed by atoms with van der Waals surface area (Å²) in [5, 5.41) is 5.95. The number of rotatable bonds is 4. The summed E-state index contributed by atoms with van der Waals surface area (Å²) >= 11 is 1.77. The molecule has 15 heavy (non-hydrogen) atoms. The molecule has 0 atom stereocenters.